The number of nitrogens with one attached hydrogen (secondary N) is 1. The first-order valence-electron chi connectivity index (χ1n) is 8.60. The Morgan fingerprint density at radius 1 is 1.07 bits per heavy atom. The highest BCUT2D eigenvalue weighted by atomic mass is 35.5. The van der Waals surface area contributed by atoms with Gasteiger partial charge in [0.25, 0.3) is 10.0 Å². The van der Waals surface area contributed by atoms with Crippen molar-refractivity contribution in [2.45, 2.75) is 18.2 Å². The molecule has 0 aliphatic heterocycles. The van der Waals surface area contributed by atoms with Crippen molar-refractivity contribution in [2.75, 3.05) is 31.6 Å². The topological polar surface area (TPSA) is 84.9 Å². The second-order valence-corrected chi connectivity index (χ2v) is 8.15. The third kappa shape index (κ3) is 5.08. The third-order valence-electron chi connectivity index (χ3n) is 3.92. The van der Waals surface area contributed by atoms with Gasteiger partial charge in [-0.1, -0.05) is 18.5 Å². The molecule has 0 atom stereocenters. The van der Waals surface area contributed by atoms with Crippen molar-refractivity contribution in [1.82, 2.24) is 5.32 Å². The quantitative estimate of drug-likeness (QED) is 0.666. The maximum absolute atomic E-state index is 13.3. The van der Waals surface area contributed by atoms with Crippen LogP contribution < -0.4 is 19.1 Å². The van der Waals surface area contributed by atoms with E-state index in [-0.39, 0.29) is 17.2 Å². The average Bonchev–Trinajstić information content (AvgIpc) is 2.70. The number of ether oxygens (including phenoxy) is 2. The van der Waals surface area contributed by atoms with E-state index in [0.29, 0.717) is 23.0 Å². The Labute approximate surface area is 170 Å². The summed E-state index contributed by atoms with van der Waals surface area (Å²) in [5.74, 6) is 0.274. The van der Waals surface area contributed by atoms with Crippen molar-refractivity contribution in [3.8, 4) is 11.5 Å². The fraction of sp³-hybridized carbons (Fsp3) is 0.316. The minimum atomic E-state index is -4.05. The number of carbonyl (C=O) groups excluding carboxylic acids is 1. The Kier molecular flexibility index (Phi) is 7.53. The van der Waals surface area contributed by atoms with E-state index in [4.69, 9.17) is 21.1 Å². The first-order chi connectivity index (χ1) is 13.3. The van der Waals surface area contributed by atoms with Crippen LogP contribution in [0.25, 0.3) is 0 Å². The van der Waals surface area contributed by atoms with Crippen LogP contribution in [0.2, 0.25) is 5.02 Å². The Morgan fingerprint density at radius 2 is 1.71 bits per heavy atom. The van der Waals surface area contributed by atoms with Gasteiger partial charge in [0, 0.05) is 17.6 Å². The minimum absolute atomic E-state index is 0.0246. The van der Waals surface area contributed by atoms with Crippen LogP contribution in [0.3, 0.4) is 0 Å². The molecule has 0 bridgehead atoms. The lowest BCUT2D eigenvalue weighted by atomic mass is 10.3. The van der Waals surface area contributed by atoms with Crippen LogP contribution in [0, 0.1) is 0 Å². The molecule has 1 N–H and O–H groups in total. The summed E-state index contributed by atoms with van der Waals surface area (Å²) in [4.78, 5) is 12.2. The number of hydrogen-bond donors (Lipinski definition) is 1. The molecule has 0 aromatic heterocycles. The fourth-order valence-corrected chi connectivity index (χ4v) is 4.04. The molecule has 0 aliphatic carbocycles. The van der Waals surface area contributed by atoms with Gasteiger partial charge in [0.2, 0.25) is 5.91 Å². The molecule has 7 nitrogen and oxygen atoms in total. The maximum atomic E-state index is 13.3. The molecule has 9 heteroatoms. The number of halogens is 1. The highest BCUT2D eigenvalue weighted by Crippen LogP contribution is 2.32. The lowest BCUT2D eigenvalue weighted by Gasteiger charge is -2.24. The summed E-state index contributed by atoms with van der Waals surface area (Å²) in [7, 11) is -1.17. The fourth-order valence-electron chi connectivity index (χ4n) is 2.48. The summed E-state index contributed by atoms with van der Waals surface area (Å²) in [6.45, 7) is 2.01. The lowest BCUT2D eigenvalue weighted by Crippen LogP contribution is -2.41. The zero-order valence-corrected chi connectivity index (χ0v) is 17.5. The van der Waals surface area contributed by atoms with Gasteiger partial charge in [0.1, 0.15) is 6.54 Å². The molecule has 0 saturated carbocycles. The molecule has 0 saturated heterocycles. The zero-order chi connectivity index (χ0) is 20.7. The molecule has 28 heavy (non-hydrogen) atoms. The number of hydrogen-bond acceptors (Lipinski definition) is 5. The molecule has 0 fully saturated rings. The van der Waals surface area contributed by atoms with E-state index in [0.717, 1.165) is 10.7 Å². The Balaban J connectivity index is 2.48. The second kappa shape index (κ2) is 9.66. The van der Waals surface area contributed by atoms with E-state index < -0.39 is 15.9 Å². The van der Waals surface area contributed by atoms with Crippen LogP contribution in [0.4, 0.5) is 5.69 Å². The smallest absolute Gasteiger partial charge is 0.264 e. The summed E-state index contributed by atoms with van der Waals surface area (Å²) in [5, 5.41) is 3.15. The molecular weight excluding hydrogens is 404 g/mol. The molecule has 1 amide bonds. The molecule has 0 spiro atoms. The Morgan fingerprint density at radius 3 is 2.29 bits per heavy atom. The molecule has 152 valence electrons. The van der Waals surface area contributed by atoms with E-state index in [2.05, 4.69) is 5.32 Å². The van der Waals surface area contributed by atoms with Crippen molar-refractivity contribution >= 4 is 33.2 Å². The minimum Gasteiger partial charge on any atom is -0.493 e. The van der Waals surface area contributed by atoms with Gasteiger partial charge in [-0.2, -0.15) is 0 Å². The van der Waals surface area contributed by atoms with Gasteiger partial charge >= 0.3 is 0 Å². The average molecular weight is 427 g/mol. The molecule has 2 aromatic rings. The maximum Gasteiger partial charge on any atom is 0.264 e. The molecule has 0 heterocycles. The standard InChI is InChI=1S/C19H23ClN2O5S/c1-4-11-21-19(23)13-22(15-7-5-14(20)6-8-15)28(24,25)16-9-10-17(26-2)18(12-16)27-3/h5-10,12H,4,11,13H2,1-3H3,(H,21,23). The lowest BCUT2D eigenvalue weighted by molar-refractivity contribution is -0.119. The van der Waals surface area contributed by atoms with Crippen LogP contribution >= 0.6 is 11.6 Å². The van der Waals surface area contributed by atoms with E-state index in [1.165, 1.54) is 32.4 Å². The van der Waals surface area contributed by atoms with E-state index in [9.17, 15) is 13.2 Å². The monoisotopic (exact) mass is 426 g/mol. The predicted molar refractivity (Wildman–Crippen MR) is 109 cm³/mol. The largest absolute Gasteiger partial charge is 0.493 e. The second-order valence-electron chi connectivity index (χ2n) is 5.85. The van der Waals surface area contributed by atoms with E-state index in [1.807, 2.05) is 6.92 Å². The summed E-state index contributed by atoms with van der Waals surface area (Å²) in [5.41, 5.74) is 0.325. The number of anilines is 1. The van der Waals surface area contributed by atoms with Gasteiger partial charge in [0.05, 0.1) is 24.8 Å². The molecule has 2 aromatic carbocycles. The van der Waals surface area contributed by atoms with E-state index >= 15 is 0 Å². The van der Waals surface area contributed by atoms with Gasteiger partial charge in [-0.3, -0.25) is 9.10 Å². The number of benzene rings is 2. The molecule has 0 aliphatic rings. The molecule has 2 rings (SSSR count). The number of carbonyl (C=O) groups is 1. The van der Waals surface area contributed by atoms with Crippen LogP contribution in [-0.4, -0.2) is 41.6 Å². The van der Waals surface area contributed by atoms with E-state index in [1.54, 1.807) is 24.3 Å². The van der Waals surface area contributed by atoms with Crippen molar-refractivity contribution in [3.63, 3.8) is 0 Å². The number of sulfonamides is 1. The molecule has 0 unspecified atom stereocenters. The number of methoxy groups -OCH3 is 2. The van der Waals surface area contributed by atoms with Gasteiger partial charge in [-0.25, -0.2) is 8.42 Å². The SMILES string of the molecule is CCCNC(=O)CN(c1ccc(Cl)cc1)S(=O)(=O)c1ccc(OC)c(OC)c1. The highest BCUT2D eigenvalue weighted by Gasteiger charge is 2.28. The number of nitrogens with zero attached hydrogens (tertiary/aromatic N) is 1. The Hall–Kier alpha value is -2.45. The van der Waals surface area contributed by atoms with Crippen LogP contribution in [0.1, 0.15) is 13.3 Å². The van der Waals surface area contributed by atoms with Gasteiger partial charge in [-0.05, 0) is 42.8 Å². The van der Waals surface area contributed by atoms with Crippen molar-refractivity contribution < 1.29 is 22.7 Å². The van der Waals surface area contributed by atoms with Crippen LogP contribution in [0.5, 0.6) is 11.5 Å². The van der Waals surface area contributed by atoms with Crippen molar-refractivity contribution in [1.29, 1.82) is 0 Å². The van der Waals surface area contributed by atoms with Gasteiger partial charge in [0.15, 0.2) is 11.5 Å². The first kappa shape index (κ1) is 21.8. The number of rotatable bonds is 9. The first-order valence-corrected chi connectivity index (χ1v) is 10.4. The zero-order valence-electron chi connectivity index (χ0n) is 15.9. The predicted octanol–water partition coefficient (Wildman–Crippen LogP) is 3.08. The third-order valence-corrected chi connectivity index (χ3v) is 5.94. The Bertz CT molecular complexity index is 916. The van der Waals surface area contributed by atoms with Crippen LogP contribution in [0.15, 0.2) is 47.4 Å². The molecular formula is C19H23ClN2O5S. The van der Waals surface area contributed by atoms with Crippen LogP contribution in [-0.2, 0) is 14.8 Å². The van der Waals surface area contributed by atoms with Crippen molar-refractivity contribution in [2.24, 2.45) is 0 Å². The van der Waals surface area contributed by atoms with Crippen molar-refractivity contribution in [3.05, 3.63) is 47.5 Å². The van der Waals surface area contributed by atoms with Gasteiger partial charge in [-0.15, -0.1) is 0 Å². The summed E-state index contributed by atoms with van der Waals surface area (Å²) < 4.78 is 38.0. The number of amides is 1. The summed E-state index contributed by atoms with van der Waals surface area (Å²) >= 11 is 5.92. The van der Waals surface area contributed by atoms with Gasteiger partial charge < -0.3 is 14.8 Å². The molecule has 0 radical (unpaired) electrons. The normalized spacial score (nSPS) is 11.0. The summed E-state index contributed by atoms with van der Waals surface area (Å²) in [6.07, 6.45) is 0.745. The summed E-state index contributed by atoms with van der Waals surface area (Å²) in [6, 6.07) is 10.5. The highest BCUT2D eigenvalue weighted by molar-refractivity contribution is 7.92.